The predicted molar refractivity (Wildman–Crippen MR) is 175 cm³/mol. The lowest BCUT2D eigenvalue weighted by Crippen LogP contribution is -2.43. The summed E-state index contributed by atoms with van der Waals surface area (Å²) in [6.45, 7) is 6.98. The fraction of sp³-hybridized carbons (Fsp3) is 0.222. The van der Waals surface area contributed by atoms with E-state index in [9.17, 15) is 14.0 Å². The van der Waals surface area contributed by atoms with Gasteiger partial charge >= 0.3 is 12.2 Å². The van der Waals surface area contributed by atoms with Crippen molar-refractivity contribution in [2.75, 3.05) is 6.61 Å². The van der Waals surface area contributed by atoms with E-state index in [0.29, 0.717) is 17.5 Å². The number of halogens is 1. The van der Waals surface area contributed by atoms with E-state index in [4.69, 9.17) is 9.47 Å². The number of pyridine rings is 1. The van der Waals surface area contributed by atoms with Crippen LogP contribution in [0.15, 0.2) is 91.4 Å². The number of carbonyl (C=O) groups excluding carboxylic acids is 2. The van der Waals surface area contributed by atoms with Crippen molar-refractivity contribution < 1.29 is 23.5 Å². The van der Waals surface area contributed by atoms with E-state index in [1.165, 1.54) is 10.7 Å². The molecule has 1 amide bonds. The highest BCUT2D eigenvalue weighted by molar-refractivity contribution is 5.92. The topological polar surface area (TPSA) is 111 Å². The monoisotopic (exact) mass is 619 g/mol. The molecule has 0 fully saturated rings. The minimum Gasteiger partial charge on any atom is -0.446 e. The number of fused-ring (bicyclic) bond motifs is 2. The number of amides is 1. The number of aryl methyl sites for hydroxylation is 1. The number of aromatic amines is 1. The summed E-state index contributed by atoms with van der Waals surface area (Å²) in [5, 5.41) is 8.90. The van der Waals surface area contributed by atoms with E-state index in [0.717, 1.165) is 44.2 Å². The van der Waals surface area contributed by atoms with Crippen molar-refractivity contribution in [3.63, 3.8) is 0 Å². The average molecular weight is 620 g/mol. The van der Waals surface area contributed by atoms with Crippen LogP contribution in [0, 0.1) is 12.7 Å². The Hall–Kier alpha value is -5.51. The van der Waals surface area contributed by atoms with Gasteiger partial charge in [0.25, 0.3) is 0 Å². The summed E-state index contributed by atoms with van der Waals surface area (Å²) >= 11 is 0. The van der Waals surface area contributed by atoms with Crippen LogP contribution in [0.3, 0.4) is 0 Å². The Bertz CT molecular complexity index is 2060. The maximum Gasteiger partial charge on any atom is 0.435 e. The van der Waals surface area contributed by atoms with Crippen LogP contribution < -0.4 is 5.32 Å². The number of nitrogens with zero attached hydrogens (tertiary/aromatic N) is 3. The Kier molecular flexibility index (Phi) is 8.27. The van der Waals surface area contributed by atoms with Crippen LogP contribution in [0.5, 0.6) is 0 Å². The van der Waals surface area contributed by atoms with Crippen molar-refractivity contribution in [2.45, 2.75) is 45.8 Å². The molecule has 0 spiro atoms. The molecule has 0 saturated heterocycles. The number of H-pyrrole nitrogens is 1. The standard InChI is InChI=1S/C36H34FN5O4/c1-22-16-24(11-13-30(22)37)33-29(9-7-15-38-33)23-12-14-32-26(17-23)20-40-42(32)35(44)45-21-27(41-34(43)46-36(2,3)4)18-25-19-39-31-10-6-5-8-28(25)31/h5-17,19-20,27,39H,18,21H2,1-4H3,(H,41,43)/t27-/m0/s1. The van der Waals surface area contributed by atoms with Crippen LogP contribution in [0.25, 0.3) is 44.2 Å². The van der Waals surface area contributed by atoms with Crippen LogP contribution >= 0.6 is 0 Å². The first-order chi connectivity index (χ1) is 22.1. The lowest BCUT2D eigenvalue weighted by atomic mass is 9.97. The number of nitrogens with one attached hydrogen (secondary N) is 2. The number of hydrogen-bond acceptors (Lipinski definition) is 6. The molecule has 1 atom stereocenters. The number of ether oxygens (including phenoxy) is 2. The number of benzene rings is 3. The van der Waals surface area contributed by atoms with E-state index < -0.39 is 23.8 Å². The maximum atomic E-state index is 13.9. The van der Waals surface area contributed by atoms with Crippen molar-refractivity contribution in [3.8, 4) is 22.4 Å². The SMILES string of the molecule is Cc1cc(-c2ncccc2-c2ccc3c(cnn3C(=O)OC[C@H](Cc3c[nH]c4ccccc34)NC(=O)OC(C)(C)C)c2)ccc1F. The molecule has 0 aliphatic heterocycles. The molecule has 0 radical (unpaired) electrons. The minimum absolute atomic E-state index is 0.104. The van der Waals surface area contributed by atoms with Crippen LogP contribution in [-0.2, 0) is 15.9 Å². The van der Waals surface area contributed by atoms with Crippen molar-refractivity contribution in [3.05, 3.63) is 108 Å². The first kappa shape index (κ1) is 30.5. The molecular weight excluding hydrogens is 585 g/mol. The molecule has 46 heavy (non-hydrogen) atoms. The Morgan fingerprint density at radius 1 is 1.02 bits per heavy atom. The summed E-state index contributed by atoms with van der Waals surface area (Å²) in [6, 6.07) is 21.6. The van der Waals surface area contributed by atoms with Crippen LogP contribution in [-0.4, -0.2) is 50.2 Å². The maximum absolute atomic E-state index is 13.9. The molecule has 10 heteroatoms. The highest BCUT2D eigenvalue weighted by Crippen LogP contribution is 2.33. The molecule has 3 aromatic heterocycles. The second kappa shape index (κ2) is 12.5. The molecule has 3 heterocycles. The van der Waals surface area contributed by atoms with Crippen molar-refractivity contribution in [1.29, 1.82) is 0 Å². The van der Waals surface area contributed by atoms with Gasteiger partial charge in [0.05, 0.1) is 23.4 Å². The highest BCUT2D eigenvalue weighted by atomic mass is 19.1. The molecule has 0 bridgehead atoms. The first-order valence-electron chi connectivity index (χ1n) is 15.0. The third-order valence-corrected chi connectivity index (χ3v) is 7.56. The van der Waals surface area contributed by atoms with Gasteiger partial charge in [-0.25, -0.2) is 14.0 Å². The number of alkyl carbamates (subject to hydrolysis) is 1. The third kappa shape index (κ3) is 6.61. The smallest absolute Gasteiger partial charge is 0.435 e. The van der Waals surface area contributed by atoms with Gasteiger partial charge in [-0.05, 0) is 93.3 Å². The van der Waals surface area contributed by atoms with Crippen LogP contribution in [0.2, 0.25) is 0 Å². The number of carbonyl (C=O) groups is 2. The molecule has 3 aromatic carbocycles. The van der Waals surface area contributed by atoms with E-state index in [-0.39, 0.29) is 12.4 Å². The predicted octanol–water partition coefficient (Wildman–Crippen LogP) is 7.81. The Morgan fingerprint density at radius 2 is 1.83 bits per heavy atom. The van der Waals surface area contributed by atoms with Gasteiger partial charge in [-0.2, -0.15) is 9.78 Å². The van der Waals surface area contributed by atoms with Gasteiger partial charge in [0.15, 0.2) is 0 Å². The summed E-state index contributed by atoms with van der Waals surface area (Å²) in [5.41, 5.74) is 5.60. The molecule has 0 saturated carbocycles. The molecular formula is C36H34FN5O4. The first-order valence-corrected chi connectivity index (χ1v) is 15.0. The zero-order valence-electron chi connectivity index (χ0n) is 26.0. The molecule has 234 valence electrons. The van der Waals surface area contributed by atoms with Gasteiger partial charge in [-0.3, -0.25) is 4.98 Å². The zero-order valence-corrected chi connectivity index (χ0v) is 26.0. The van der Waals surface area contributed by atoms with E-state index in [2.05, 4.69) is 20.4 Å². The van der Waals surface area contributed by atoms with Gasteiger partial charge in [-0.15, -0.1) is 0 Å². The minimum atomic E-state index is -0.687. The lowest BCUT2D eigenvalue weighted by molar-refractivity contribution is 0.0471. The Balaban J connectivity index is 1.22. The molecule has 0 aliphatic carbocycles. The molecule has 0 aliphatic rings. The second-order valence-corrected chi connectivity index (χ2v) is 12.2. The van der Waals surface area contributed by atoms with Gasteiger partial charge in [0.1, 0.15) is 18.0 Å². The van der Waals surface area contributed by atoms with E-state index in [1.807, 2.05) is 54.7 Å². The fourth-order valence-electron chi connectivity index (χ4n) is 5.43. The number of aromatic nitrogens is 4. The van der Waals surface area contributed by atoms with E-state index in [1.54, 1.807) is 58.3 Å². The molecule has 2 N–H and O–H groups in total. The highest BCUT2D eigenvalue weighted by Gasteiger charge is 2.23. The lowest BCUT2D eigenvalue weighted by Gasteiger charge is -2.23. The zero-order chi connectivity index (χ0) is 32.4. The summed E-state index contributed by atoms with van der Waals surface area (Å²) in [7, 11) is 0. The molecule has 6 aromatic rings. The molecule has 6 rings (SSSR count). The fourth-order valence-corrected chi connectivity index (χ4v) is 5.43. The third-order valence-electron chi connectivity index (χ3n) is 7.56. The Morgan fingerprint density at radius 3 is 2.63 bits per heavy atom. The molecule has 9 nitrogen and oxygen atoms in total. The van der Waals surface area contributed by atoms with Gasteiger partial charge < -0.3 is 19.8 Å². The number of hydrogen-bond donors (Lipinski definition) is 2. The van der Waals surface area contributed by atoms with Crippen molar-refractivity contribution in [1.82, 2.24) is 25.1 Å². The van der Waals surface area contributed by atoms with Crippen molar-refractivity contribution in [2.24, 2.45) is 0 Å². The van der Waals surface area contributed by atoms with Gasteiger partial charge in [-0.1, -0.05) is 30.3 Å². The quantitative estimate of drug-likeness (QED) is 0.189. The van der Waals surface area contributed by atoms with Gasteiger partial charge in [0, 0.05) is 39.8 Å². The van der Waals surface area contributed by atoms with Gasteiger partial charge in [0.2, 0.25) is 0 Å². The largest absolute Gasteiger partial charge is 0.446 e. The van der Waals surface area contributed by atoms with E-state index >= 15 is 0 Å². The summed E-state index contributed by atoms with van der Waals surface area (Å²) < 4.78 is 26.3. The van der Waals surface area contributed by atoms with Crippen LogP contribution in [0.4, 0.5) is 14.0 Å². The number of rotatable bonds is 7. The number of para-hydroxylation sites is 1. The summed E-state index contributed by atoms with van der Waals surface area (Å²) in [5.74, 6) is -0.271. The molecule has 0 unspecified atom stereocenters. The Labute approximate surface area is 265 Å². The van der Waals surface area contributed by atoms with Crippen LogP contribution in [0.1, 0.15) is 31.9 Å². The average Bonchev–Trinajstić information content (AvgIpc) is 3.64. The second-order valence-electron chi connectivity index (χ2n) is 12.2. The summed E-state index contributed by atoms with van der Waals surface area (Å²) in [4.78, 5) is 33.8. The normalized spacial score (nSPS) is 12.3. The summed E-state index contributed by atoms with van der Waals surface area (Å²) in [6.07, 6.45) is 4.31. The van der Waals surface area contributed by atoms with Crippen molar-refractivity contribution >= 4 is 34.0 Å².